The van der Waals surface area contributed by atoms with E-state index in [4.69, 9.17) is 4.74 Å². The molecule has 0 heterocycles. The van der Waals surface area contributed by atoms with Gasteiger partial charge in [0.2, 0.25) is 0 Å². The van der Waals surface area contributed by atoms with E-state index in [9.17, 15) is 22.7 Å². The number of nitrogens with zero attached hydrogens (tertiary/aromatic N) is 1. The number of hydrogen-bond donors (Lipinski definition) is 0. The first-order valence-corrected chi connectivity index (χ1v) is 8.69. The highest BCUT2D eigenvalue weighted by Crippen LogP contribution is 2.37. The molecule has 0 aromatic heterocycles. The van der Waals surface area contributed by atoms with Crippen molar-refractivity contribution < 1.29 is 27.5 Å². The van der Waals surface area contributed by atoms with E-state index >= 15 is 0 Å². The van der Waals surface area contributed by atoms with Gasteiger partial charge in [0.05, 0.1) is 23.4 Å². The van der Waals surface area contributed by atoms with Gasteiger partial charge in [-0.15, -0.1) is 0 Å². The number of halogens is 1. The molecule has 1 aromatic rings. The Morgan fingerprint density at radius 2 is 2.04 bits per heavy atom. The van der Waals surface area contributed by atoms with Crippen LogP contribution in [0.2, 0.25) is 0 Å². The molecule has 8 heteroatoms. The summed E-state index contributed by atoms with van der Waals surface area (Å²) in [5, 5.41) is 0. The molecule has 1 fully saturated rings. The fourth-order valence-corrected chi connectivity index (χ4v) is 3.69. The second-order valence-electron chi connectivity index (χ2n) is 5.93. The average Bonchev–Trinajstić information content (AvgIpc) is 2.52. The molecule has 132 valence electrons. The van der Waals surface area contributed by atoms with Crippen molar-refractivity contribution in [3.05, 3.63) is 29.6 Å². The van der Waals surface area contributed by atoms with Gasteiger partial charge in [-0.3, -0.25) is 13.3 Å². The highest BCUT2D eigenvalue weighted by atomic mass is 32.2. The van der Waals surface area contributed by atoms with Crippen LogP contribution in [0.15, 0.2) is 18.2 Å². The van der Waals surface area contributed by atoms with Crippen LogP contribution in [0.3, 0.4) is 0 Å². The maximum Gasteiger partial charge on any atom is 0.338 e. The molecular formula is C16H19FNO5S-. The zero-order valence-corrected chi connectivity index (χ0v) is 14.4. The van der Waals surface area contributed by atoms with E-state index in [1.165, 1.54) is 12.1 Å². The highest BCUT2D eigenvalue weighted by Gasteiger charge is 2.38. The standard InChI is InChI=1S/C16H20FNO5S/c1-3-23-15(20)11-4-5-14(13(17)10-11)18(24(21)22)16(2)8-6-12(19)7-9-16/h4-5,10H,3,6-9H2,1-2H3,(H,21,22)/p-1. The summed E-state index contributed by atoms with van der Waals surface area (Å²) in [6, 6.07) is 3.54. The van der Waals surface area contributed by atoms with Gasteiger partial charge in [0.25, 0.3) is 0 Å². The van der Waals surface area contributed by atoms with Gasteiger partial charge >= 0.3 is 5.97 Å². The minimum atomic E-state index is -2.72. The minimum Gasteiger partial charge on any atom is -0.755 e. The monoisotopic (exact) mass is 356 g/mol. The van der Waals surface area contributed by atoms with Crippen LogP contribution >= 0.6 is 0 Å². The maximum atomic E-state index is 14.5. The Morgan fingerprint density at radius 3 is 2.54 bits per heavy atom. The summed E-state index contributed by atoms with van der Waals surface area (Å²) in [5.74, 6) is -1.43. The fourth-order valence-electron chi connectivity index (χ4n) is 2.83. The summed E-state index contributed by atoms with van der Waals surface area (Å²) in [6.07, 6.45) is 1.15. The quantitative estimate of drug-likeness (QED) is 0.598. The van der Waals surface area contributed by atoms with Gasteiger partial charge in [-0.05, 0) is 44.9 Å². The number of rotatable bonds is 5. The van der Waals surface area contributed by atoms with Crippen LogP contribution in [0.25, 0.3) is 0 Å². The van der Waals surface area contributed by atoms with Crippen molar-refractivity contribution >= 4 is 28.7 Å². The number of ketones is 1. The fraction of sp³-hybridized carbons (Fsp3) is 0.500. The Labute approximate surface area is 142 Å². The van der Waals surface area contributed by atoms with E-state index in [-0.39, 0.29) is 36.5 Å². The molecule has 1 aromatic carbocycles. The second-order valence-corrected chi connectivity index (χ2v) is 6.73. The Kier molecular flexibility index (Phi) is 5.71. The molecule has 24 heavy (non-hydrogen) atoms. The normalized spacial score (nSPS) is 18.1. The molecule has 1 saturated carbocycles. The lowest BCUT2D eigenvalue weighted by Crippen LogP contribution is -2.50. The van der Waals surface area contributed by atoms with Crippen LogP contribution in [0.4, 0.5) is 10.1 Å². The summed E-state index contributed by atoms with van der Waals surface area (Å²) in [5.41, 5.74) is -1.01. The first-order chi connectivity index (χ1) is 11.3. The molecule has 2 rings (SSSR count). The van der Waals surface area contributed by atoms with E-state index < -0.39 is 28.6 Å². The van der Waals surface area contributed by atoms with Crippen molar-refractivity contribution in [1.29, 1.82) is 0 Å². The third-order valence-electron chi connectivity index (χ3n) is 4.20. The largest absolute Gasteiger partial charge is 0.755 e. The number of hydrogen-bond acceptors (Lipinski definition) is 5. The number of anilines is 1. The average molecular weight is 356 g/mol. The zero-order chi connectivity index (χ0) is 17.9. The zero-order valence-electron chi connectivity index (χ0n) is 13.5. The van der Waals surface area contributed by atoms with Crippen LogP contribution in [0.1, 0.15) is 49.9 Å². The molecule has 0 bridgehead atoms. The molecule has 0 aliphatic heterocycles. The third-order valence-corrected chi connectivity index (χ3v) is 5.14. The summed E-state index contributed by atoms with van der Waals surface area (Å²) in [7, 11) is 0. The van der Waals surface area contributed by atoms with Gasteiger partial charge < -0.3 is 9.29 Å². The predicted molar refractivity (Wildman–Crippen MR) is 85.6 cm³/mol. The van der Waals surface area contributed by atoms with E-state index in [1.807, 2.05) is 0 Å². The molecule has 1 unspecified atom stereocenters. The molecule has 0 amide bonds. The second kappa shape index (κ2) is 7.40. The van der Waals surface area contributed by atoms with Crippen molar-refractivity contribution in [3.8, 4) is 0 Å². The predicted octanol–water partition coefficient (Wildman–Crippen LogP) is 2.50. The van der Waals surface area contributed by atoms with Crippen molar-refractivity contribution in [2.75, 3.05) is 10.9 Å². The SMILES string of the molecule is CCOC(=O)c1ccc(N(S(=O)[O-])C2(C)CCC(=O)CC2)c(F)c1. The molecule has 1 atom stereocenters. The van der Waals surface area contributed by atoms with E-state index in [2.05, 4.69) is 0 Å². The number of carbonyl (C=O) groups is 2. The number of esters is 1. The van der Waals surface area contributed by atoms with E-state index in [0.29, 0.717) is 12.8 Å². The topological polar surface area (TPSA) is 86.7 Å². The van der Waals surface area contributed by atoms with Gasteiger partial charge in [-0.1, -0.05) is 0 Å². The van der Waals surface area contributed by atoms with Gasteiger partial charge in [-0.25, -0.2) is 9.18 Å². The summed E-state index contributed by atoms with van der Waals surface area (Å²) in [4.78, 5) is 23.1. The third kappa shape index (κ3) is 3.81. The minimum absolute atomic E-state index is 0.0127. The number of ether oxygens (including phenoxy) is 1. The van der Waals surface area contributed by atoms with Crippen molar-refractivity contribution in [3.63, 3.8) is 0 Å². The van der Waals surface area contributed by atoms with Gasteiger partial charge in [-0.2, -0.15) is 0 Å². The van der Waals surface area contributed by atoms with Crippen LogP contribution in [-0.4, -0.2) is 32.7 Å². The summed E-state index contributed by atoms with van der Waals surface area (Å²) < 4.78 is 43.7. The van der Waals surface area contributed by atoms with Gasteiger partial charge in [0.15, 0.2) is 0 Å². The molecule has 6 nitrogen and oxygen atoms in total. The van der Waals surface area contributed by atoms with E-state index in [1.54, 1.807) is 13.8 Å². The number of carbonyl (C=O) groups excluding carboxylic acids is 2. The first kappa shape index (κ1) is 18.5. The Balaban J connectivity index is 2.37. The Hall–Kier alpha value is -1.80. The van der Waals surface area contributed by atoms with Gasteiger partial charge in [0, 0.05) is 24.1 Å². The lowest BCUT2D eigenvalue weighted by molar-refractivity contribution is -0.121. The molecule has 0 radical (unpaired) electrons. The summed E-state index contributed by atoms with van der Waals surface area (Å²) in [6.45, 7) is 3.48. The van der Waals surface area contributed by atoms with Crippen LogP contribution < -0.4 is 4.31 Å². The molecule has 0 N–H and O–H groups in total. The summed E-state index contributed by atoms with van der Waals surface area (Å²) >= 11 is -2.72. The Bertz CT molecular complexity index is 668. The number of benzene rings is 1. The molecule has 0 spiro atoms. The Morgan fingerprint density at radius 1 is 1.42 bits per heavy atom. The lowest BCUT2D eigenvalue weighted by atomic mass is 9.82. The first-order valence-electron chi connectivity index (χ1n) is 7.66. The lowest BCUT2D eigenvalue weighted by Gasteiger charge is -2.45. The molecule has 1 aliphatic carbocycles. The molecule has 0 saturated heterocycles. The van der Waals surface area contributed by atoms with E-state index in [0.717, 1.165) is 10.4 Å². The van der Waals surface area contributed by atoms with Crippen LogP contribution in [0.5, 0.6) is 0 Å². The van der Waals surface area contributed by atoms with Crippen molar-refractivity contribution in [2.24, 2.45) is 0 Å². The smallest absolute Gasteiger partial charge is 0.338 e. The molecular weight excluding hydrogens is 337 g/mol. The van der Waals surface area contributed by atoms with Gasteiger partial charge in [0.1, 0.15) is 11.6 Å². The van der Waals surface area contributed by atoms with Crippen molar-refractivity contribution in [2.45, 2.75) is 45.1 Å². The number of Topliss-reactive ketones (excluding diaryl/α,β-unsaturated/α-hetero) is 1. The molecule has 1 aliphatic rings. The maximum absolute atomic E-state index is 14.5. The van der Waals surface area contributed by atoms with Crippen LogP contribution in [0, 0.1) is 5.82 Å². The highest BCUT2D eigenvalue weighted by molar-refractivity contribution is 7.80. The van der Waals surface area contributed by atoms with Crippen LogP contribution in [-0.2, 0) is 20.8 Å². The van der Waals surface area contributed by atoms with Crippen molar-refractivity contribution in [1.82, 2.24) is 0 Å².